The lowest BCUT2D eigenvalue weighted by atomic mass is 10.1. The van der Waals surface area contributed by atoms with Crippen LogP contribution in [0, 0.1) is 0 Å². The molecule has 5 heteroatoms. The van der Waals surface area contributed by atoms with Gasteiger partial charge in [-0.15, -0.1) is 0 Å². The van der Waals surface area contributed by atoms with E-state index in [1.807, 2.05) is 12.1 Å². The third-order valence-electron chi connectivity index (χ3n) is 2.86. The van der Waals surface area contributed by atoms with Crippen molar-refractivity contribution in [3.63, 3.8) is 0 Å². The minimum atomic E-state index is -0.221. The van der Waals surface area contributed by atoms with Crippen LogP contribution >= 0.6 is 11.6 Å². The molecule has 0 heterocycles. The molecule has 0 unspecified atom stereocenters. The van der Waals surface area contributed by atoms with Crippen LogP contribution in [0.25, 0.3) is 0 Å². The number of carbonyl (C=O) groups excluding carboxylic acids is 1. The predicted octanol–water partition coefficient (Wildman–Crippen LogP) is 3.21. The molecule has 0 bridgehead atoms. The van der Waals surface area contributed by atoms with E-state index in [0.717, 1.165) is 31.2 Å². The second-order valence-corrected chi connectivity index (χ2v) is 5.04. The molecule has 0 aliphatic carbocycles. The molecule has 0 aliphatic heterocycles. The van der Waals surface area contributed by atoms with Crippen molar-refractivity contribution >= 4 is 23.3 Å². The van der Waals surface area contributed by atoms with Crippen LogP contribution in [0.5, 0.6) is 0 Å². The molecule has 20 heavy (non-hydrogen) atoms. The van der Waals surface area contributed by atoms with Gasteiger partial charge in [0.2, 0.25) is 0 Å². The average Bonchev–Trinajstić information content (AvgIpc) is 2.38. The van der Waals surface area contributed by atoms with Crippen LogP contribution in [0.1, 0.15) is 31.7 Å². The van der Waals surface area contributed by atoms with Gasteiger partial charge in [0.25, 0.3) is 0 Å². The standard InChI is InChI=1S/C15H22ClNO3/c1-12(18)20-9-4-2-3-8-19-10-7-13-5-6-14(16)11-15(13)17/h5-6,11H,2-4,7-10,17H2,1H3. The fourth-order valence-corrected chi connectivity index (χ4v) is 1.96. The Labute approximate surface area is 125 Å². The number of hydrogen-bond acceptors (Lipinski definition) is 4. The molecule has 1 aromatic carbocycles. The van der Waals surface area contributed by atoms with E-state index in [4.69, 9.17) is 26.8 Å². The minimum Gasteiger partial charge on any atom is -0.466 e. The number of carbonyl (C=O) groups is 1. The smallest absolute Gasteiger partial charge is 0.302 e. The summed E-state index contributed by atoms with van der Waals surface area (Å²) in [4.78, 5) is 10.5. The van der Waals surface area contributed by atoms with Gasteiger partial charge in [-0.1, -0.05) is 17.7 Å². The molecule has 4 nitrogen and oxygen atoms in total. The lowest BCUT2D eigenvalue weighted by Gasteiger charge is -2.07. The molecule has 0 saturated carbocycles. The maximum atomic E-state index is 10.5. The Balaban J connectivity index is 2.01. The molecule has 0 saturated heterocycles. The Morgan fingerprint density at radius 1 is 1.20 bits per heavy atom. The average molecular weight is 300 g/mol. The van der Waals surface area contributed by atoms with Crippen LogP contribution in [0.15, 0.2) is 18.2 Å². The van der Waals surface area contributed by atoms with Gasteiger partial charge in [-0.25, -0.2) is 0 Å². The molecule has 2 N–H and O–H groups in total. The van der Waals surface area contributed by atoms with E-state index >= 15 is 0 Å². The van der Waals surface area contributed by atoms with Gasteiger partial charge in [0.05, 0.1) is 13.2 Å². The maximum Gasteiger partial charge on any atom is 0.302 e. The van der Waals surface area contributed by atoms with E-state index in [2.05, 4.69) is 0 Å². The van der Waals surface area contributed by atoms with Crippen molar-refractivity contribution in [2.75, 3.05) is 25.6 Å². The summed E-state index contributed by atoms with van der Waals surface area (Å²) in [5.41, 5.74) is 7.63. The summed E-state index contributed by atoms with van der Waals surface area (Å²) in [6.07, 6.45) is 3.64. The van der Waals surface area contributed by atoms with Crippen molar-refractivity contribution in [3.05, 3.63) is 28.8 Å². The Kier molecular flexibility index (Phi) is 8.07. The van der Waals surface area contributed by atoms with Crippen molar-refractivity contribution in [1.29, 1.82) is 0 Å². The van der Waals surface area contributed by atoms with Crippen molar-refractivity contribution in [3.8, 4) is 0 Å². The summed E-state index contributed by atoms with van der Waals surface area (Å²) in [5.74, 6) is -0.221. The van der Waals surface area contributed by atoms with E-state index in [-0.39, 0.29) is 5.97 Å². The van der Waals surface area contributed by atoms with E-state index in [9.17, 15) is 4.79 Å². The van der Waals surface area contributed by atoms with Crippen LogP contribution in [-0.4, -0.2) is 25.8 Å². The first kappa shape index (κ1) is 16.8. The number of anilines is 1. The lowest BCUT2D eigenvalue weighted by molar-refractivity contribution is -0.141. The molecule has 0 spiro atoms. The Morgan fingerprint density at radius 3 is 2.65 bits per heavy atom. The minimum absolute atomic E-state index is 0.221. The fourth-order valence-electron chi connectivity index (χ4n) is 1.78. The highest BCUT2D eigenvalue weighted by molar-refractivity contribution is 6.30. The number of unbranched alkanes of at least 4 members (excludes halogenated alkanes) is 2. The highest BCUT2D eigenvalue weighted by Gasteiger charge is 2.00. The molecule has 1 aromatic rings. The number of rotatable bonds is 9. The summed E-state index contributed by atoms with van der Waals surface area (Å²) in [6.45, 7) is 3.28. The number of esters is 1. The van der Waals surface area contributed by atoms with Crippen molar-refractivity contribution in [2.24, 2.45) is 0 Å². The molecule has 0 radical (unpaired) electrons. The first-order valence-electron chi connectivity index (χ1n) is 6.84. The number of nitrogens with two attached hydrogens (primary N) is 1. The summed E-state index contributed by atoms with van der Waals surface area (Å²) < 4.78 is 10.4. The summed E-state index contributed by atoms with van der Waals surface area (Å²) in [5, 5.41) is 0.653. The Morgan fingerprint density at radius 2 is 1.95 bits per heavy atom. The SMILES string of the molecule is CC(=O)OCCCCCOCCc1ccc(Cl)cc1N. The molecule has 0 atom stereocenters. The van der Waals surface area contributed by atoms with E-state index in [1.54, 1.807) is 6.07 Å². The second-order valence-electron chi connectivity index (χ2n) is 4.61. The number of benzene rings is 1. The Bertz CT molecular complexity index is 424. The zero-order valence-electron chi connectivity index (χ0n) is 11.9. The van der Waals surface area contributed by atoms with Gasteiger partial charge < -0.3 is 15.2 Å². The largest absolute Gasteiger partial charge is 0.466 e. The molecular weight excluding hydrogens is 278 g/mol. The van der Waals surface area contributed by atoms with Crippen LogP contribution in [0.3, 0.4) is 0 Å². The fraction of sp³-hybridized carbons (Fsp3) is 0.533. The monoisotopic (exact) mass is 299 g/mol. The highest BCUT2D eigenvalue weighted by atomic mass is 35.5. The van der Waals surface area contributed by atoms with Crippen molar-refractivity contribution in [1.82, 2.24) is 0 Å². The van der Waals surface area contributed by atoms with Gasteiger partial charge in [0, 0.05) is 24.2 Å². The van der Waals surface area contributed by atoms with Gasteiger partial charge in [0.15, 0.2) is 0 Å². The molecular formula is C15H22ClNO3. The third-order valence-corrected chi connectivity index (χ3v) is 3.10. The van der Waals surface area contributed by atoms with Gasteiger partial charge in [-0.2, -0.15) is 0 Å². The van der Waals surface area contributed by atoms with E-state index in [0.29, 0.717) is 30.5 Å². The second kappa shape index (κ2) is 9.61. The van der Waals surface area contributed by atoms with Gasteiger partial charge in [-0.05, 0) is 43.4 Å². The molecule has 0 amide bonds. The summed E-state index contributed by atoms with van der Waals surface area (Å²) in [6, 6.07) is 5.52. The number of ether oxygens (including phenoxy) is 2. The normalized spacial score (nSPS) is 10.5. The van der Waals surface area contributed by atoms with Crippen molar-refractivity contribution < 1.29 is 14.3 Å². The van der Waals surface area contributed by atoms with E-state index < -0.39 is 0 Å². The molecule has 1 rings (SSSR count). The zero-order chi connectivity index (χ0) is 14.8. The van der Waals surface area contributed by atoms with Crippen LogP contribution in [0.4, 0.5) is 5.69 Å². The topological polar surface area (TPSA) is 61.5 Å². The summed E-state index contributed by atoms with van der Waals surface area (Å²) >= 11 is 5.84. The maximum absolute atomic E-state index is 10.5. The van der Waals surface area contributed by atoms with Crippen LogP contribution in [-0.2, 0) is 20.7 Å². The first-order chi connectivity index (χ1) is 9.59. The summed E-state index contributed by atoms with van der Waals surface area (Å²) in [7, 11) is 0. The van der Waals surface area contributed by atoms with E-state index in [1.165, 1.54) is 6.92 Å². The number of halogens is 1. The third kappa shape index (κ3) is 7.36. The van der Waals surface area contributed by atoms with Gasteiger partial charge in [0.1, 0.15) is 0 Å². The lowest BCUT2D eigenvalue weighted by Crippen LogP contribution is -2.04. The first-order valence-corrected chi connectivity index (χ1v) is 7.22. The number of nitrogen functional groups attached to an aromatic ring is 1. The molecule has 112 valence electrons. The zero-order valence-corrected chi connectivity index (χ0v) is 12.6. The van der Waals surface area contributed by atoms with Gasteiger partial charge in [-0.3, -0.25) is 4.79 Å². The predicted molar refractivity (Wildman–Crippen MR) is 80.9 cm³/mol. The Hall–Kier alpha value is -1.26. The molecule has 0 fully saturated rings. The van der Waals surface area contributed by atoms with Gasteiger partial charge >= 0.3 is 5.97 Å². The van der Waals surface area contributed by atoms with Crippen LogP contribution < -0.4 is 5.73 Å². The van der Waals surface area contributed by atoms with Crippen molar-refractivity contribution in [2.45, 2.75) is 32.6 Å². The number of hydrogen-bond donors (Lipinski definition) is 1. The molecule has 0 aliphatic rings. The molecule has 0 aromatic heterocycles. The van der Waals surface area contributed by atoms with Crippen LogP contribution in [0.2, 0.25) is 5.02 Å². The highest BCUT2D eigenvalue weighted by Crippen LogP contribution is 2.18. The quantitative estimate of drug-likeness (QED) is 0.432.